The standard InChI is InChI=1S/C25H30N2O4S/c1-16(23-13-17-6-7-18(23)12-17)27-32(29,30)22-10-8-21(9-11-22)26-25(28)20-14-19-4-2-3-5-24(19)31-15-20/h2-5,8-11,16-18,20,23,27H,6-7,12-15H2,1H3,(H,26,28). The van der Waals surface area contributed by atoms with Crippen LogP contribution in [0.15, 0.2) is 53.4 Å². The maximum absolute atomic E-state index is 12.9. The number of fused-ring (bicyclic) bond motifs is 3. The molecule has 0 saturated heterocycles. The molecule has 2 fully saturated rings. The quantitative estimate of drug-likeness (QED) is 0.692. The number of nitrogens with one attached hydrogen (secondary N) is 2. The van der Waals surface area contributed by atoms with Crippen LogP contribution >= 0.6 is 0 Å². The Hall–Kier alpha value is -2.38. The molecule has 5 rings (SSSR count). The van der Waals surface area contributed by atoms with Gasteiger partial charge in [0.25, 0.3) is 0 Å². The molecule has 0 spiro atoms. The number of amides is 1. The Morgan fingerprint density at radius 2 is 1.84 bits per heavy atom. The molecule has 2 aromatic rings. The lowest BCUT2D eigenvalue weighted by Crippen LogP contribution is -2.40. The Kier molecular flexibility index (Phi) is 5.72. The lowest BCUT2D eigenvalue weighted by molar-refractivity contribution is -0.121. The number of rotatable bonds is 6. The number of sulfonamides is 1. The summed E-state index contributed by atoms with van der Waals surface area (Å²) in [7, 11) is -3.60. The number of hydrogen-bond donors (Lipinski definition) is 2. The van der Waals surface area contributed by atoms with Gasteiger partial charge in [0.05, 0.1) is 10.8 Å². The molecule has 1 amide bonds. The van der Waals surface area contributed by atoms with Gasteiger partial charge in [0.1, 0.15) is 12.4 Å². The zero-order chi connectivity index (χ0) is 22.3. The summed E-state index contributed by atoms with van der Waals surface area (Å²) in [5.74, 6) is 2.30. The van der Waals surface area contributed by atoms with E-state index in [9.17, 15) is 13.2 Å². The molecule has 32 heavy (non-hydrogen) atoms. The molecule has 2 aliphatic carbocycles. The Balaban J connectivity index is 1.20. The summed E-state index contributed by atoms with van der Waals surface area (Å²) in [6.45, 7) is 2.32. The molecule has 3 aliphatic rings. The van der Waals surface area contributed by atoms with Crippen molar-refractivity contribution in [2.45, 2.75) is 50.0 Å². The first-order chi connectivity index (χ1) is 15.4. The Morgan fingerprint density at radius 1 is 1.06 bits per heavy atom. The van der Waals surface area contributed by atoms with Gasteiger partial charge >= 0.3 is 0 Å². The fraction of sp³-hybridized carbons (Fsp3) is 0.480. The molecule has 2 aromatic carbocycles. The van der Waals surface area contributed by atoms with Crippen molar-refractivity contribution in [2.24, 2.45) is 23.7 Å². The summed E-state index contributed by atoms with van der Waals surface area (Å²) in [4.78, 5) is 12.9. The number of anilines is 1. The Labute approximate surface area is 189 Å². The number of carbonyl (C=O) groups is 1. The molecule has 0 aromatic heterocycles. The van der Waals surface area contributed by atoms with Crippen LogP contribution in [-0.4, -0.2) is 27.0 Å². The highest BCUT2D eigenvalue weighted by Gasteiger charge is 2.42. The smallest absolute Gasteiger partial charge is 0.240 e. The number of para-hydroxylation sites is 1. The lowest BCUT2D eigenvalue weighted by atomic mass is 9.84. The third kappa shape index (κ3) is 4.28. The second-order valence-electron chi connectivity index (χ2n) is 9.58. The van der Waals surface area contributed by atoms with Crippen LogP contribution in [0.3, 0.4) is 0 Å². The average molecular weight is 455 g/mol. The molecular weight excluding hydrogens is 424 g/mol. The lowest BCUT2D eigenvalue weighted by Gasteiger charge is -2.28. The molecule has 5 unspecified atom stereocenters. The maximum atomic E-state index is 12.9. The van der Waals surface area contributed by atoms with Crippen molar-refractivity contribution in [3.63, 3.8) is 0 Å². The van der Waals surface area contributed by atoms with Crippen LogP contribution in [-0.2, 0) is 21.2 Å². The molecule has 2 saturated carbocycles. The van der Waals surface area contributed by atoms with Crippen LogP contribution in [0.5, 0.6) is 5.75 Å². The van der Waals surface area contributed by atoms with E-state index in [-0.39, 0.29) is 22.8 Å². The van der Waals surface area contributed by atoms with E-state index in [2.05, 4.69) is 10.0 Å². The van der Waals surface area contributed by atoms with Crippen molar-refractivity contribution in [3.8, 4) is 5.75 Å². The van der Waals surface area contributed by atoms with Gasteiger partial charge in [-0.15, -0.1) is 0 Å². The topological polar surface area (TPSA) is 84.5 Å². The van der Waals surface area contributed by atoms with Gasteiger partial charge in [-0.3, -0.25) is 4.79 Å². The molecule has 170 valence electrons. The minimum Gasteiger partial charge on any atom is -0.492 e. The first-order valence-corrected chi connectivity index (χ1v) is 13.0. The van der Waals surface area contributed by atoms with Crippen LogP contribution in [0.4, 0.5) is 5.69 Å². The van der Waals surface area contributed by atoms with Crippen LogP contribution in [0.25, 0.3) is 0 Å². The number of ether oxygens (including phenoxy) is 1. The molecule has 1 heterocycles. The highest BCUT2D eigenvalue weighted by molar-refractivity contribution is 7.89. The van der Waals surface area contributed by atoms with Gasteiger partial charge in [0, 0.05) is 11.7 Å². The zero-order valence-corrected chi connectivity index (χ0v) is 19.1. The first kappa shape index (κ1) is 21.5. The zero-order valence-electron chi connectivity index (χ0n) is 18.3. The Morgan fingerprint density at radius 3 is 2.56 bits per heavy atom. The van der Waals surface area contributed by atoms with Crippen LogP contribution < -0.4 is 14.8 Å². The van der Waals surface area contributed by atoms with Crippen molar-refractivity contribution in [3.05, 3.63) is 54.1 Å². The summed E-state index contributed by atoms with van der Waals surface area (Å²) >= 11 is 0. The van der Waals surface area contributed by atoms with Gasteiger partial charge in [-0.05, 0) is 86.3 Å². The predicted octanol–water partition coefficient (Wildman–Crippen LogP) is 3.98. The fourth-order valence-electron chi connectivity index (χ4n) is 5.76. The monoisotopic (exact) mass is 454 g/mol. The summed E-state index contributed by atoms with van der Waals surface area (Å²) in [5, 5.41) is 2.89. The molecule has 0 radical (unpaired) electrons. The van der Waals surface area contributed by atoms with E-state index in [1.54, 1.807) is 24.3 Å². The van der Waals surface area contributed by atoms with E-state index < -0.39 is 10.0 Å². The summed E-state index contributed by atoms with van der Waals surface area (Å²) in [6, 6.07) is 14.1. The average Bonchev–Trinajstić information content (AvgIpc) is 3.43. The van der Waals surface area contributed by atoms with Gasteiger partial charge in [-0.25, -0.2) is 13.1 Å². The third-order valence-electron chi connectivity index (χ3n) is 7.46. The van der Waals surface area contributed by atoms with Gasteiger partial charge in [0.2, 0.25) is 15.9 Å². The number of carbonyl (C=O) groups excluding carboxylic acids is 1. The highest BCUT2D eigenvalue weighted by atomic mass is 32.2. The number of hydrogen-bond acceptors (Lipinski definition) is 4. The highest BCUT2D eigenvalue weighted by Crippen LogP contribution is 2.49. The molecule has 1 aliphatic heterocycles. The summed E-state index contributed by atoms with van der Waals surface area (Å²) in [5.41, 5.74) is 1.60. The molecule has 5 atom stereocenters. The summed E-state index contributed by atoms with van der Waals surface area (Å²) < 4.78 is 34.4. The molecule has 2 N–H and O–H groups in total. The SMILES string of the molecule is CC(NS(=O)(=O)c1ccc(NC(=O)C2COc3ccccc3C2)cc1)C1CC2CCC1C2. The van der Waals surface area contributed by atoms with E-state index in [1.165, 1.54) is 19.3 Å². The van der Waals surface area contributed by atoms with Crippen molar-refractivity contribution < 1.29 is 17.9 Å². The van der Waals surface area contributed by atoms with Crippen molar-refractivity contribution >= 4 is 21.6 Å². The first-order valence-electron chi connectivity index (χ1n) is 11.5. The Bertz CT molecular complexity index is 1100. The molecule has 2 bridgehead atoms. The van der Waals surface area contributed by atoms with E-state index in [4.69, 9.17) is 4.74 Å². The van der Waals surface area contributed by atoms with Crippen molar-refractivity contribution in [1.82, 2.24) is 4.72 Å². The van der Waals surface area contributed by atoms with E-state index in [0.717, 1.165) is 23.7 Å². The maximum Gasteiger partial charge on any atom is 0.240 e. The van der Waals surface area contributed by atoms with Crippen molar-refractivity contribution in [2.75, 3.05) is 11.9 Å². The normalized spacial score (nSPS) is 27.4. The van der Waals surface area contributed by atoms with Crippen LogP contribution in [0.2, 0.25) is 0 Å². The van der Waals surface area contributed by atoms with Gasteiger partial charge in [0.15, 0.2) is 0 Å². The summed E-state index contributed by atoms with van der Waals surface area (Å²) in [6.07, 6.45) is 5.54. The second-order valence-corrected chi connectivity index (χ2v) is 11.3. The van der Waals surface area contributed by atoms with Crippen molar-refractivity contribution in [1.29, 1.82) is 0 Å². The van der Waals surface area contributed by atoms with E-state index >= 15 is 0 Å². The minimum atomic E-state index is -3.60. The van der Waals surface area contributed by atoms with Gasteiger partial charge in [-0.1, -0.05) is 24.6 Å². The largest absolute Gasteiger partial charge is 0.492 e. The van der Waals surface area contributed by atoms with E-state index in [1.807, 2.05) is 31.2 Å². The van der Waals surface area contributed by atoms with Crippen LogP contribution in [0.1, 0.15) is 38.2 Å². The van der Waals surface area contributed by atoms with Gasteiger partial charge in [-0.2, -0.15) is 0 Å². The molecule has 6 nitrogen and oxygen atoms in total. The molecular formula is C25H30N2O4S. The van der Waals surface area contributed by atoms with Crippen LogP contribution in [0, 0.1) is 23.7 Å². The molecule has 7 heteroatoms. The fourth-order valence-corrected chi connectivity index (χ4v) is 7.06. The number of benzene rings is 2. The predicted molar refractivity (Wildman–Crippen MR) is 123 cm³/mol. The minimum absolute atomic E-state index is 0.0659. The van der Waals surface area contributed by atoms with Gasteiger partial charge < -0.3 is 10.1 Å². The third-order valence-corrected chi connectivity index (χ3v) is 9.03. The second kappa shape index (κ2) is 8.52. The van der Waals surface area contributed by atoms with E-state index in [0.29, 0.717) is 30.6 Å².